The summed E-state index contributed by atoms with van der Waals surface area (Å²) in [5.41, 5.74) is 0. The number of aliphatic carboxylic acids is 1. The van der Waals surface area contributed by atoms with E-state index in [1.54, 1.807) is 13.8 Å². The van der Waals surface area contributed by atoms with Crippen LogP contribution in [0.4, 0.5) is 0 Å². The molecule has 0 aliphatic heterocycles. The molecule has 0 saturated carbocycles. The lowest BCUT2D eigenvalue weighted by molar-refractivity contribution is -0.143. The molecule has 0 fully saturated rings. The van der Waals surface area contributed by atoms with Gasteiger partial charge in [0.05, 0.1) is 6.61 Å². The maximum atomic E-state index is 10.9. The standard InChI is InChI=1S/C10H19NO4/c1-3-8(10(13)14)11-7-5-6-9(12)15-4-2/h8,11H,3-7H2,1-2H3,(H,13,14). The van der Waals surface area contributed by atoms with Gasteiger partial charge in [0.15, 0.2) is 0 Å². The van der Waals surface area contributed by atoms with Crippen LogP contribution >= 0.6 is 0 Å². The van der Waals surface area contributed by atoms with E-state index in [0.29, 0.717) is 32.4 Å². The number of hydrogen-bond acceptors (Lipinski definition) is 4. The smallest absolute Gasteiger partial charge is 0.320 e. The number of carbonyl (C=O) groups excluding carboxylic acids is 1. The van der Waals surface area contributed by atoms with Crippen molar-refractivity contribution < 1.29 is 19.4 Å². The molecule has 0 amide bonds. The first kappa shape index (κ1) is 13.9. The Morgan fingerprint density at radius 1 is 1.40 bits per heavy atom. The fourth-order valence-electron chi connectivity index (χ4n) is 1.15. The molecule has 0 bridgehead atoms. The van der Waals surface area contributed by atoms with E-state index in [1.165, 1.54) is 0 Å². The summed E-state index contributed by atoms with van der Waals surface area (Å²) in [5.74, 6) is -1.09. The lowest BCUT2D eigenvalue weighted by Gasteiger charge is -2.11. The van der Waals surface area contributed by atoms with E-state index in [4.69, 9.17) is 9.84 Å². The fraction of sp³-hybridized carbons (Fsp3) is 0.800. The zero-order chi connectivity index (χ0) is 11.7. The third kappa shape index (κ3) is 6.90. The average molecular weight is 217 g/mol. The average Bonchev–Trinajstić information content (AvgIpc) is 2.17. The van der Waals surface area contributed by atoms with E-state index in [-0.39, 0.29) is 5.97 Å². The molecule has 0 rings (SSSR count). The molecule has 0 radical (unpaired) electrons. The summed E-state index contributed by atoms with van der Waals surface area (Å²) in [6.45, 7) is 4.47. The maximum absolute atomic E-state index is 10.9. The zero-order valence-electron chi connectivity index (χ0n) is 9.28. The number of rotatable bonds is 8. The summed E-state index contributed by atoms with van der Waals surface area (Å²) >= 11 is 0. The number of nitrogens with one attached hydrogen (secondary N) is 1. The summed E-state index contributed by atoms with van der Waals surface area (Å²) in [5, 5.41) is 11.6. The van der Waals surface area contributed by atoms with E-state index < -0.39 is 12.0 Å². The van der Waals surface area contributed by atoms with Crippen LogP contribution in [0.3, 0.4) is 0 Å². The molecule has 5 nitrogen and oxygen atoms in total. The normalized spacial score (nSPS) is 12.1. The highest BCUT2D eigenvalue weighted by Crippen LogP contribution is 1.95. The topological polar surface area (TPSA) is 75.6 Å². The predicted octanol–water partition coefficient (Wildman–Crippen LogP) is 0.782. The molecular weight excluding hydrogens is 198 g/mol. The van der Waals surface area contributed by atoms with Gasteiger partial charge in [-0.3, -0.25) is 9.59 Å². The van der Waals surface area contributed by atoms with Gasteiger partial charge in [-0.1, -0.05) is 6.92 Å². The van der Waals surface area contributed by atoms with Crippen molar-refractivity contribution in [2.45, 2.75) is 39.2 Å². The number of ether oxygens (including phenoxy) is 1. The Bertz CT molecular complexity index is 206. The minimum Gasteiger partial charge on any atom is -0.480 e. The number of carboxylic acid groups (broad SMARTS) is 1. The second-order valence-electron chi connectivity index (χ2n) is 3.16. The Balaban J connectivity index is 3.52. The molecule has 0 heterocycles. The van der Waals surface area contributed by atoms with Crippen molar-refractivity contribution in [2.24, 2.45) is 0 Å². The largest absolute Gasteiger partial charge is 0.480 e. The first-order valence-electron chi connectivity index (χ1n) is 5.23. The van der Waals surface area contributed by atoms with Crippen LogP contribution in [0.15, 0.2) is 0 Å². The molecule has 0 aromatic carbocycles. The highest BCUT2D eigenvalue weighted by molar-refractivity contribution is 5.73. The third-order valence-electron chi connectivity index (χ3n) is 1.96. The third-order valence-corrected chi connectivity index (χ3v) is 1.96. The van der Waals surface area contributed by atoms with E-state index >= 15 is 0 Å². The van der Waals surface area contributed by atoms with Gasteiger partial charge in [0.25, 0.3) is 0 Å². The van der Waals surface area contributed by atoms with Crippen molar-refractivity contribution in [3.8, 4) is 0 Å². The Morgan fingerprint density at radius 2 is 2.07 bits per heavy atom. The summed E-state index contributed by atoms with van der Waals surface area (Å²) in [6, 6.07) is -0.521. The minimum absolute atomic E-state index is 0.234. The van der Waals surface area contributed by atoms with Crippen LogP contribution < -0.4 is 5.32 Å². The first-order chi connectivity index (χ1) is 7.11. The molecule has 15 heavy (non-hydrogen) atoms. The second kappa shape index (κ2) is 8.23. The SMILES string of the molecule is CCOC(=O)CCCNC(CC)C(=O)O. The van der Waals surface area contributed by atoms with E-state index in [1.807, 2.05) is 0 Å². The van der Waals surface area contributed by atoms with E-state index in [2.05, 4.69) is 5.32 Å². The Morgan fingerprint density at radius 3 is 2.53 bits per heavy atom. The molecule has 1 unspecified atom stereocenters. The van der Waals surface area contributed by atoms with Gasteiger partial charge in [-0.2, -0.15) is 0 Å². The number of hydrogen-bond donors (Lipinski definition) is 2. The van der Waals surface area contributed by atoms with Crippen LogP contribution in [-0.4, -0.2) is 36.2 Å². The molecule has 0 aliphatic carbocycles. The second-order valence-corrected chi connectivity index (χ2v) is 3.16. The molecule has 0 aromatic rings. The van der Waals surface area contributed by atoms with Crippen molar-refractivity contribution in [2.75, 3.05) is 13.2 Å². The molecular formula is C10H19NO4. The van der Waals surface area contributed by atoms with Crippen LogP contribution in [0.5, 0.6) is 0 Å². The molecule has 0 spiro atoms. The molecule has 1 atom stereocenters. The minimum atomic E-state index is -0.853. The van der Waals surface area contributed by atoms with Gasteiger partial charge in [0, 0.05) is 6.42 Å². The molecule has 2 N–H and O–H groups in total. The lowest BCUT2D eigenvalue weighted by Crippen LogP contribution is -2.36. The van der Waals surface area contributed by atoms with Gasteiger partial charge in [-0.05, 0) is 26.3 Å². The number of esters is 1. The Labute approximate surface area is 89.8 Å². The molecule has 0 saturated heterocycles. The molecule has 88 valence electrons. The van der Waals surface area contributed by atoms with Crippen LogP contribution in [0.1, 0.15) is 33.1 Å². The predicted molar refractivity (Wildman–Crippen MR) is 55.6 cm³/mol. The number of carboxylic acids is 1. The van der Waals surface area contributed by atoms with Gasteiger partial charge >= 0.3 is 11.9 Å². The highest BCUT2D eigenvalue weighted by atomic mass is 16.5. The lowest BCUT2D eigenvalue weighted by atomic mass is 10.2. The van der Waals surface area contributed by atoms with Crippen LogP contribution in [-0.2, 0) is 14.3 Å². The van der Waals surface area contributed by atoms with Gasteiger partial charge in [0.2, 0.25) is 0 Å². The summed E-state index contributed by atoms with van der Waals surface area (Å²) in [6.07, 6.45) is 1.47. The van der Waals surface area contributed by atoms with Crippen LogP contribution in [0, 0.1) is 0 Å². The number of carbonyl (C=O) groups is 2. The van der Waals surface area contributed by atoms with Crippen LogP contribution in [0.25, 0.3) is 0 Å². The summed E-state index contributed by atoms with van der Waals surface area (Å²) in [4.78, 5) is 21.5. The van der Waals surface area contributed by atoms with Crippen molar-refractivity contribution in [1.82, 2.24) is 5.32 Å². The van der Waals surface area contributed by atoms with Gasteiger partial charge in [-0.25, -0.2) is 0 Å². The highest BCUT2D eigenvalue weighted by Gasteiger charge is 2.13. The Hall–Kier alpha value is -1.10. The van der Waals surface area contributed by atoms with Crippen molar-refractivity contribution in [3.05, 3.63) is 0 Å². The Kier molecular flexibility index (Phi) is 7.62. The molecule has 0 aromatic heterocycles. The van der Waals surface area contributed by atoms with Crippen LogP contribution in [0.2, 0.25) is 0 Å². The van der Waals surface area contributed by atoms with Crippen molar-refractivity contribution in [1.29, 1.82) is 0 Å². The first-order valence-corrected chi connectivity index (χ1v) is 5.23. The van der Waals surface area contributed by atoms with Gasteiger partial charge in [0.1, 0.15) is 6.04 Å². The monoisotopic (exact) mass is 217 g/mol. The quantitative estimate of drug-likeness (QED) is 0.464. The van der Waals surface area contributed by atoms with Gasteiger partial charge in [-0.15, -0.1) is 0 Å². The van der Waals surface area contributed by atoms with E-state index in [9.17, 15) is 9.59 Å². The van der Waals surface area contributed by atoms with Crippen molar-refractivity contribution in [3.63, 3.8) is 0 Å². The van der Waals surface area contributed by atoms with Crippen molar-refractivity contribution >= 4 is 11.9 Å². The molecule has 5 heteroatoms. The maximum Gasteiger partial charge on any atom is 0.320 e. The summed E-state index contributed by atoms with van der Waals surface area (Å²) < 4.78 is 4.74. The van der Waals surface area contributed by atoms with E-state index in [0.717, 1.165) is 0 Å². The van der Waals surface area contributed by atoms with Gasteiger partial charge < -0.3 is 15.2 Å². The fourth-order valence-corrected chi connectivity index (χ4v) is 1.15. The zero-order valence-corrected chi connectivity index (χ0v) is 9.28. The molecule has 0 aliphatic rings. The summed E-state index contributed by atoms with van der Waals surface area (Å²) in [7, 11) is 0.